The molecule has 4 N–H and O–H groups in total. The van der Waals surface area contributed by atoms with E-state index in [0.29, 0.717) is 23.0 Å². The Labute approximate surface area is 115 Å². The highest BCUT2D eigenvalue weighted by atomic mass is 16.6. The molecule has 2 rings (SSSR count). The Balaban J connectivity index is 2.24. The largest absolute Gasteiger partial charge is 0.444 e. The van der Waals surface area contributed by atoms with Gasteiger partial charge in [-0.2, -0.15) is 0 Å². The highest BCUT2D eigenvalue weighted by Crippen LogP contribution is 2.26. The quantitative estimate of drug-likeness (QED) is 0.436. The monoisotopic (exact) mass is 277 g/mol. The highest BCUT2D eigenvalue weighted by Gasteiger charge is 2.14. The fraction of sp³-hybridized carbons (Fsp3) is 0.250. The van der Waals surface area contributed by atoms with Crippen molar-refractivity contribution in [2.75, 3.05) is 10.7 Å². The summed E-state index contributed by atoms with van der Waals surface area (Å²) in [5.74, 6) is 6.52. The van der Waals surface area contributed by atoms with Gasteiger partial charge in [0.2, 0.25) is 5.89 Å². The van der Waals surface area contributed by atoms with Crippen molar-refractivity contribution < 1.29 is 9.34 Å². The second kappa shape index (κ2) is 5.57. The summed E-state index contributed by atoms with van der Waals surface area (Å²) in [5, 5.41) is 13.9. The van der Waals surface area contributed by atoms with Crippen LogP contribution < -0.4 is 16.6 Å². The van der Waals surface area contributed by atoms with Crippen molar-refractivity contribution in [3.8, 4) is 0 Å². The lowest BCUT2D eigenvalue weighted by molar-refractivity contribution is -0.384. The summed E-state index contributed by atoms with van der Waals surface area (Å²) in [6.45, 7) is 3.65. The van der Waals surface area contributed by atoms with Crippen molar-refractivity contribution in [2.24, 2.45) is 5.84 Å². The van der Waals surface area contributed by atoms with Crippen LogP contribution in [0.3, 0.4) is 0 Å². The van der Waals surface area contributed by atoms with Crippen LogP contribution in [-0.2, 0) is 0 Å². The van der Waals surface area contributed by atoms with E-state index in [-0.39, 0.29) is 11.7 Å². The molecule has 0 aliphatic carbocycles. The molecule has 20 heavy (non-hydrogen) atoms. The number of nitrogens with zero attached hydrogens (tertiary/aromatic N) is 2. The molecule has 0 saturated heterocycles. The number of nitro groups is 1. The zero-order valence-electron chi connectivity index (χ0n) is 11.1. The van der Waals surface area contributed by atoms with Gasteiger partial charge >= 0.3 is 0 Å². The van der Waals surface area contributed by atoms with Crippen LogP contribution in [0.4, 0.5) is 17.1 Å². The van der Waals surface area contributed by atoms with Gasteiger partial charge in [0.25, 0.3) is 5.69 Å². The van der Waals surface area contributed by atoms with Crippen LogP contribution in [0.5, 0.6) is 0 Å². The number of oxazole rings is 1. The maximum Gasteiger partial charge on any atom is 0.273 e. The van der Waals surface area contributed by atoms with E-state index in [2.05, 4.69) is 15.7 Å². The number of benzene rings is 1. The van der Waals surface area contributed by atoms with E-state index < -0.39 is 4.92 Å². The normalized spacial score (nSPS) is 11.9. The SMILES string of the molecule is Cc1cnc(C(C)Nc2cc(NN)cc([N+](=O)[O-])c2)o1. The molecule has 1 aromatic heterocycles. The van der Waals surface area contributed by atoms with Crippen LogP contribution in [0.2, 0.25) is 0 Å². The number of hydrogen-bond acceptors (Lipinski definition) is 7. The standard InChI is InChI=1S/C12H15N5O3/c1-7-6-14-12(20-7)8(2)15-9-3-10(16-13)5-11(4-9)17(18)19/h3-6,8,15-16H,13H2,1-2H3. The van der Waals surface area contributed by atoms with E-state index in [0.717, 1.165) is 0 Å². The summed E-state index contributed by atoms with van der Waals surface area (Å²) < 4.78 is 5.40. The summed E-state index contributed by atoms with van der Waals surface area (Å²) in [7, 11) is 0. The number of nitrogens with one attached hydrogen (secondary N) is 2. The molecule has 0 radical (unpaired) electrons. The average molecular weight is 277 g/mol. The number of rotatable bonds is 5. The lowest BCUT2D eigenvalue weighted by Gasteiger charge is -2.13. The first-order chi connectivity index (χ1) is 9.49. The lowest BCUT2D eigenvalue weighted by Crippen LogP contribution is -2.10. The summed E-state index contributed by atoms with van der Waals surface area (Å²) in [6.07, 6.45) is 1.62. The Bertz CT molecular complexity index is 625. The third-order valence-electron chi connectivity index (χ3n) is 2.69. The Hall–Kier alpha value is -2.61. The number of nitrogen functional groups attached to an aromatic ring is 1. The molecule has 0 bridgehead atoms. The van der Waals surface area contributed by atoms with E-state index in [4.69, 9.17) is 10.3 Å². The van der Waals surface area contributed by atoms with Gasteiger partial charge in [-0.05, 0) is 19.9 Å². The van der Waals surface area contributed by atoms with Crippen LogP contribution >= 0.6 is 0 Å². The third kappa shape index (κ3) is 3.04. The number of anilines is 2. The van der Waals surface area contributed by atoms with Crippen molar-refractivity contribution >= 4 is 17.1 Å². The van der Waals surface area contributed by atoms with E-state index in [1.807, 2.05) is 6.92 Å². The maximum atomic E-state index is 10.9. The zero-order valence-corrected chi connectivity index (χ0v) is 11.1. The second-order valence-electron chi connectivity index (χ2n) is 4.35. The predicted molar refractivity (Wildman–Crippen MR) is 74.2 cm³/mol. The first-order valence-electron chi connectivity index (χ1n) is 5.94. The van der Waals surface area contributed by atoms with Gasteiger partial charge < -0.3 is 15.2 Å². The molecule has 106 valence electrons. The number of aromatic nitrogens is 1. The molecular weight excluding hydrogens is 262 g/mol. The summed E-state index contributed by atoms with van der Waals surface area (Å²) in [6, 6.07) is 4.22. The maximum absolute atomic E-state index is 10.9. The molecule has 0 spiro atoms. The Morgan fingerprint density at radius 2 is 2.10 bits per heavy atom. The number of nitro benzene ring substituents is 1. The zero-order chi connectivity index (χ0) is 14.7. The van der Waals surface area contributed by atoms with E-state index >= 15 is 0 Å². The molecule has 0 aliphatic rings. The van der Waals surface area contributed by atoms with Crippen LogP contribution in [0.15, 0.2) is 28.8 Å². The molecule has 0 amide bonds. The van der Waals surface area contributed by atoms with Crippen molar-refractivity contribution in [2.45, 2.75) is 19.9 Å². The Morgan fingerprint density at radius 3 is 2.65 bits per heavy atom. The van der Waals surface area contributed by atoms with Crippen molar-refractivity contribution in [3.05, 3.63) is 46.2 Å². The van der Waals surface area contributed by atoms with Crippen LogP contribution in [-0.4, -0.2) is 9.91 Å². The lowest BCUT2D eigenvalue weighted by atomic mass is 10.2. The number of nitrogens with two attached hydrogens (primary N) is 1. The molecule has 1 unspecified atom stereocenters. The second-order valence-corrected chi connectivity index (χ2v) is 4.35. The molecule has 2 aromatic rings. The molecule has 1 aromatic carbocycles. The van der Waals surface area contributed by atoms with Gasteiger partial charge in [-0.15, -0.1) is 0 Å². The van der Waals surface area contributed by atoms with Gasteiger partial charge in [-0.3, -0.25) is 16.0 Å². The number of non-ortho nitro benzene ring substituents is 1. The topological polar surface area (TPSA) is 119 Å². The number of aryl methyl sites for hydroxylation is 1. The molecular formula is C12H15N5O3. The van der Waals surface area contributed by atoms with E-state index in [1.54, 1.807) is 19.2 Å². The van der Waals surface area contributed by atoms with Gasteiger partial charge in [0.05, 0.1) is 16.8 Å². The van der Waals surface area contributed by atoms with Crippen molar-refractivity contribution in [1.82, 2.24) is 4.98 Å². The Kier molecular flexibility index (Phi) is 3.85. The third-order valence-corrected chi connectivity index (χ3v) is 2.69. The van der Waals surface area contributed by atoms with Crippen LogP contribution in [0, 0.1) is 17.0 Å². The van der Waals surface area contributed by atoms with Gasteiger partial charge in [0.1, 0.15) is 11.8 Å². The Morgan fingerprint density at radius 1 is 1.40 bits per heavy atom. The van der Waals surface area contributed by atoms with Gasteiger partial charge in [-0.25, -0.2) is 4.98 Å². The highest BCUT2D eigenvalue weighted by molar-refractivity contribution is 5.63. The van der Waals surface area contributed by atoms with Gasteiger partial charge in [0, 0.05) is 17.8 Å². The number of hydrazine groups is 1. The molecule has 0 saturated carbocycles. The predicted octanol–water partition coefficient (Wildman–Crippen LogP) is 2.35. The van der Waals surface area contributed by atoms with Crippen LogP contribution in [0.25, 0.3) is 0 Å². The fourth-order valence-electron chi connectivity index (χ4n) is 1.77. The van der Waals surface area contributed by atoms with E-state index in [9.17, 15) is 10.1 Å². The molecule has 1 heterocycles. The minimum atomic E-state index is -0.480. The summed E-state index contributed by atoms with van der Waals surface area (Å²) >= 11 is 0. The molecule has 0 aliphatic heterocycles. The average Bonchev–Trinajstić information content (AvgIpc) is 2.85. The van der Waals surface area contributed by atoms with Gasteiger partial charge in [0.15, 0.2) is 0 Å². The summed E-state index contributed by atoms with van der Waals surface area (Å²) in [4.78, 5) is 14.5. The molecule has 8 heteroatoms. The first-order valence-corrected chi connectivity index (χ1v) is 5.94. The molecule has 8 nitrogen and oxygen atoms in total. The minimum Gasteiger partial charge on any atom is -0.444 e. The first kappa shape index (κ1) is 13.8. The minimum absolute atomic E-state index is 0.0567. The van der Waals surface area contributed by atoms with E-state index in [1.165, 1.54) is 12.1 Å². The number of hydrogen-bond donors (Lipinski definition) is 3. The van der Waals surface area contributed by atoms with Crippen molar-refractivity contribution in [1.29, 1.82) is 0 Å². The smallest absolute Gasteiger partial charge is 0.273 e. The molecule has 0 fully saturated rings. The van der Waals surface area contributed by atoms with Gasteiger partial charge in [-0.1, -0.05) is 0 Å². The van der Waals surface area contributed by atoms with Crippen molar-refractivity contribution in [3.63, 3.8) is 0 Å². The summed E-state index contributed by atoms with van der Waals surface area (Å²) in [5.41, 5.74) is 3.33. The fourth-order valence-corrected chi connectivity index (χ4v) is 1.77. The van der Waals surface area contributed by atoms with Crippen LogP contribution in [0.1, 0.15) is 24.6 Å². The molecule has 1 atom stereocenters.